The standard InChI is InChI=1S/C8H10N2O4/c1-8(2,13)7-9-5(14-10-7)3-4-6(11)12/h3-4,13H,1-2H3,(H,11,12)/b4-3+. The minimum atomic E-state index is -1.20. The van der Waals surface area contributed by atoms with Crippen molar-refractivity contribution in [2.45, 2.75) is 19.4 Å². The summed E-state index contributed by atoms with van der Waals surface area (Å²) in [5, 5.41) is 21.3. The van der Waals surface area contributed by atoms with Crippen molar-refractivity contribution in [3.63, 3.8) is 0 Å². The summed E-state index contributed by atoms with van der Waals surface area (Å²) in [5.41, 5.74) is -1.20. The quantitative estimate of drug-likeness (QED) is 0.682. The Balaban J connectivity index is 2.84. The zero-order valence-electron chi connectivity index (χ0n) is 7.76. The van der Waals surface area contributed by atoms with Gasteiger partial charge in [0.2, 0.25) is 5.82 Å². The molecule has 0 saturated heterocycles. The molecule has 1 aromatic rings. The van der Waals surface area contributed by atoms with Crippen LogP contribution < -0.4 is 0 Å². The van der Waals surface area contributed by atoms with Gasteiger partial charge in [0.05, 0.1) is 0 Å². The first kappa shape index (κ1) is 10.4. The van der Waals surface area contributed by atoms with E-state index < -0.39 is 11.6 Å². The normalized spacial score (nSPS) is 12.2. The molecule has 2 N–H and O–H groups in total. The molecule has 76 valence electrons. The topological polar surface area (TPSA) is 96.5 Å². The van der Waals surface area contributed by atoms with Crippen molar-refractivity contribution in [1.29, 1.82) is 0 Å². The van der Waals surface area contributed by atoms with Crippen LogP contribution in [0.4, 0.5) is 0 Å². The van der Waals surface area contributed by atoms with E-state index in [-0.39, 0.29) is 11.7 Å². The molecule has 0 unspecified atom stereocenters. The molecule has 0 saturated carbocycles. The Morgan fingerprint density at radius 2 is 2.21 bits per heavy atom. The number of carbonyl (C=O) groups is 1. The molecule has 0 aromatic carbocycles. The molecule has 0 amide bonds. The van der Waals surface area contributed by atoms with Crippen molar-refractivity contribution >= 4 is 12.0 Å². The lowest BCUT2D eigenvalue weighted by Gasteiger charge is -2.09. The molecule has 0 aliphatic heterocycles. The third-order valence-electron chi connectivity index (χ3n) is 1.36. The van der Waals surface area contributed by atoms with Crippen molar-refractivity contribution < 1.29 is 19.5 Å². The highest BCUT2D eigenvalue weighted by Gasteiger charge is 2.22. The van der Waals surface area contributed by atoms with Crippen molar-refractivity contribution in [3.05, 3.63) is 17.8 Å². The van der Waals surface area contributed by atoms with Gasteiger partial charge in [0.1, 0.15) is 5.60 Å². The minimum Gasteiger partial charge on any atom is -0.478 e. The van der Waals surface area contributed by atoms with Gasteiger partial charge in [-0.25, -0.2) is 4.79 Å². The summed E-state index contributed by atoms with van der Waals surface area (Å²) in [6, 6.07) is 0. The molecule has 0 aliphatic rings. The number of rotatable bonds is 3. The van der Waals surface area contributed by atoms with Crippen LogP contribution >= 0.6 is 0 Å². The lowest BCUT2D eigenvalue weighted by molar-refractivity contribution is -0.131. The largest absolute Gasteiger partial charge is 0.478 e. The van der Waals surface area contributed by atoms with Gasteiger partial charge < -0.3 is 14.7 Å². The Bertz CT molecular complexity index is 362. The van der Waals surface area contributed by atoms with Crippen molar-refractivity contribution in [1.82, 2.24) is 10.1 Å². The molecule has 14 heavy (non-hydrogen) atoms. The maximum Gasteiger partial charge on any atom is 0.328 e. The Morgan fingerprint density at radius 3 is 2.64 bits per heavy atom. The van der Waals surface area contributed by atoms with Gasteiger partial charge in [-0.15, -0.1) is 0 Å². The third kappa shape index (κ3) is 2.67. The first-order valence-electron chi connectivity index (χ1n) is 3.87. The third-order valence-corrected chi connectivity index (χ3v) is 1.36. The fourth-order valence-electron chi connectivity index (χ4n) is 0.694. The fraction of sp³-hybridized carbons (Fsp3) is 0.375. The van der Waals surface area contributed by atoms with Gasteiger partial charge in [-0.05, 0) is 13.8 Å². The Kier molecular flexibility index (Phi) is 2.66. The molecular weight excluding hydrogens is 188 g/mol. The van der Waals surface area contributed by atoms with E-state index in [0.717, 1.165) is 12.2 Å². The summed E-state index contributed by atoms with van der Waals surface area (Å²) in [6.45, 7) is 3.01. The second-order valence-corrected chi connectivity index (χ2v) is 3.19. The number of carboxylic acid groups (broad SMARTS) is 1. The Hall–Kier alpha value is -1.69. The van der Waals surface area contributed by atoms with Gasteiger partial charge in [-0.1, -0.05) is 5.16 Å². The molecule has 6 nitrogen and oxygen atoms in total. The van der Waals surface area contributed by atoms with Crippen molar-refractivity contribution in [3.8, 4) is 0 Å². The number of nitrogens with zero attached hydrogens (tertiary/aromatic N) is 2. The smallest absolute Gasteiger partial charge is 0.328 e. The molecule has 1 aromatic heterocycles. The van der Waals surface area contributed by atoms with Gasteiger partial charge >= 0.3 is 5.97 Å². The van der Waals surface area contributed by atoms with Gasteiger partial charge in [-0.2, -0.15) is 4.98 Å². The SMILES string of the molecule is CC(C)(O)c1noc(/C=C/C(=O)O)n1. The van der Waals surface area contributed by atoms with E-state index in [1.54, 1.807) is 0 Å². The maximum absolute atomic E-state index is 10.2. The average molecular weight is 198 g/mol. The summed E-state index contributed by atoms with van der Waals surface area (Å²) in [7, 11) is 0. The van der Waals surface area contributed by atoms with Gasteiger partial charge in [-0.3, -0.25) is 0 Å². The highest BCUT2D eigenvalue weighted by Crippen LogP contribution is 2.15. The zero-order chi connectivity index (χ0) is 10.8. The number of aliphatic hydroxyl groups is 1. The van der Waals surface area contributed by atoms with Crippen molar-refractivity contribution in [2.24, 2.45) is 0 Å². The van der Waals surface area contributed by atoms with Crippen LogP contribution in [0.1, 0.15) is 25.6 Å². The molecule has 6 heteroatoms. The van der Waals surface area contributed by atoms with Crippen LogP contribution in [0.5, 0.6) is 0 Å². The van der Waals surface area contributed by atoms with Gasteiger partial charge in [0, 0.05) is 12.2 Å². The maximum atomic E-state index is 10.2. The monoisotopic (exact) mass is 198 g/mol. The summed E-state index contributed by atoms with van der Waals surface area (Å²) >= 11 is 0. The van der Waals surface area contributed by atoms with E-state index in [9.17, 15) is 9.90 Å². The molecular formula is C8H10N2O4. The van der Waals surface area contributed by atoms with E-state index in [1.807, 2.05) is 0 Å². The predicted molar refractivity (Wildman–Crippen MR) is 46.2 cm³/mol. The Labute approximate surface area is 79.9 Å². The van der Waals surface area contributed by atoms with Crippen LogP contribution in [0.15, 0.2) is 10.6 Å². The van der Waals surface area contributed by atoms with E-state index >= 15 is 0 Å². The van der Waals surface area contributed by atoms with Crippen LogP contribution in [0.25, 0.3) is 6.08 Å². The fourth-order valence-corrected chi connectivity index (χ4v) is 0.694. The van der Waals surface area contributed by atoms with Crippen LogP contribution in [0.2, 0.25) is 0 Å². The molecule has 0 spiro atoms. The summed E-state index contributed by atoms with van der Waals surface area (Å²) in [5.74, 6) is -0.944. The molecule has 1 heterocycles. The van der Waals surface area contributed by atoms with Crippen LogP contribution in [-0.4, -0.2) is 26.3 Å². The number of carboxylic acids is 1. The molecule has 0 bridgehead atoms. The van der Waals surface area contributed by atoms with Gasteiger partial charge in [0.15, 0.2) is 0 Å². The van der Waals surface area contributed by atoms with E-state index in [0.29, 0.717) is 0 Å². The molecule has 0 atom stereocenters. The number of aromatic nitrogens is 2. The summed E-state index contributed by atoms with van der Waals surface area (Å²) < 4.78 is 4.67. The molecule has 0 aliphatic carbocycles. The predicted octanol–water partition coefficient (Wildman–Crippen LogP) is 0.395. The Morgan fingerprint density at radius 1 is 1.57 bits per heavy atom. The first-order valence-corrected chi connectivity index (χ1v) is 3.87. The number of hydrogen-bond acceptors (Lipinski definition) is 5. The van der Waals surface area contributed by atoms with Crippen LogP contribution in [-0.2, 0) is 10.4 Å². The van der Waals surface area contributed by atoms with E-state index in [1.165, 1.54) is 13.8 Å². The van der Waals surface area contributed by atoms with Gasteiger partial charge in [0.25, 0.3) is 5.89 Å². The van der Waals surface area contributed by atoms with Crippen molar-refractivity contribution in [2.75, 3.05) is 0 Å². The minimum absolute atomic E-state index is 0.0459. The second kappa shape index (κ2) is 3.59. The molecule has 0 fully saturated rings. The molecule has 0 radical (unpaired) electrons. The lowest BCUT2D eigenvalue weighted by atomic mass is 10.1. The average Bonchev–Trinajstić information content (AvgIpc) is 2.47. The second-order valence-electron chi connectivity index (χ2n) is 3.19. The van der Waals surface area contributed by atoms with Crippen LogP contribution in [0, 0.1) is 0 Å². The van der Waals surface area contributed by atoms with E-state index in [4.69, 9.17) is 5.11 Å². The number of aliphatic carboxylic acids is 1. The molecule has 1 rings (SSSR count). The summed E-state index contributed by atoms with van der Waals surface area (Å²) in [6.07, 6.45) is 2.03. The highest BCUT2D eigenvalue weighted by molar-refractivity contribution is 5.84. The van der Waals surface area contributed by atoms with Crippen LogP contribution in [0.3, 0.4) is 0 Å². The lowest BCUT2D eigenvalue weighted by Crippen LogP contribution is -2.17. The number of hydrogen-bond donors (Lipinski definition) is 2. The summed E-state index contributed by atoms with van der Waals surface area (Å²) in [4.78, 5) is 13.9. The van der Waals surface area contributed by atoms with E-state index in [2.05, 4.69) is 14.7 Å². The zero-order valence-corrected chi connectivity index (χ0v) is 7.76. The highest BCUT2D eigenvalue weighted by atomic mass is 16.5. The first-order chi connectivity index (χ1) is 6.39.